The second kappa shape index (κ2) is 6.82. The Morgan fingerprint density at radius 2 is 1.92 bits per heavy atom. The van der Waals surface area contributed by atoms with E-state index in [1.54, 1.807) is 6.08 Å². The normalized spacial score (nSPS) is 42.1. The van der Waals surface area contributed by atoms with Crippen molar-refractivity contribution >= 4 is 5.78 Å². The van der Waals surface area contributed by atoms with Crippen LogP contribution in [0.15, 0.2) is 35.5 Å². The van der Waals surface area contributed by atoms with Crippen LogP contribution in [-0.2, 0) is 4.79 Å². The maximum absolute atomic E-state index is 12.6. The SMILES string of the molecule is CC12C=CCC1[C@@]1(O)CCC3CCC(O)CC3=CC1=CC2=O.CNC. The van der Waals surface area contributed by atoms with Gasteiger partial charge in [-0.3, -0.25) is 4.79 Å². The van der Waals surface area contributed by atoms with Crippen molar-refractivity contribution in [3.8, 4) is 0 Å². The van der Waals surface area contributed by atoms with Gasteiger partial charge in [-0.15, -0.1) is 0 Å². The molecule has 4 aliphatic carbocycles. The first-order valence-electron chi connectivity index (χ1n) is 9.49. The van der Waals surface area contributed by atoms with Gasteiger partial charge < -0.3 is 15.5 Å². The fourth-order valence-electron chi connectivity index (χ4n) is 5.08. The van der Waals surface area contributed by atoms with Crippen LogP contribution >= 0.6 is 0 Å². The minimum absolute atomic E-state index is 0.0468. The summed E-state index contributed by atoms with van der Waals surface area (Å²) in [7, 11) is 3.75. The quantitative estimate of drug-likeness (QED) is 0.590. The van der Waals surface area contributed by atoms with E-state index in [1.165, 1.54) is 5.57 Å². The molecule has 0 aromatic carbocycles. The summed E-state index contributed by atoms with van der Waals surface area (Å²) in [6, 6.07) is 0. The molecule has 4 aliphatic rings. The van der Waals surface area contributed by atoms with Gasteiger partial charge in [0.05, 0.1) is 17.1 Å². The predicted molar refractivity (Wildman–Crippen MR) is 99.0 cm³/mol. The Kier molecular flexibility index (Phi) is 5.06. The van der Waals surface area contributed by atoms with Crippen molar-refractivity contribution in [2.24, 2.45) is 17.3 Å². The van der Waals surface area contributed by atoms with Gasteiger partial charge in [0.1, 0.15) is 0 Å². The van der Waals surface area contributed by atoms with Gasteiger partial charge in [-0.2, -0.15) is 0 Å². The molecule has 0 aromatic heterocycles. The van der Waals surface area contributed by atoms with Crippen molar-refractivity contribution in [3.63, 3.8) is 0 Å². The van der Waals surface area contributed by atoms with Crippen molar-refractivity contribution in [1.82, 2.24) is 5.32 Å². The van der Waals surface area contributed by atoms with Crippen LogP contribution in [0.5, 0.6) is 0 Å². The lowest BCUT2D eigenvalue weighted by Gasteiger charge is -2.45. The Morgan fingerprint density at radius 3 is 2.64 bits per heavy atom. The molecule has 138 valence electrons. The smallest absolute Gasteiger partial charge is 0.166 e. The van der Waals surface area contributed by atoms with Crippen LogP contribution in [0.1, 0.15) is 45.4 Å². The first kappa shape index (κ1) is 18.6. The molecule has 0 bridgehead atoms. The zero-order valence-corrected chi connectivity index (χ0v) is 15.6. The zero-order chi connectivity index (χ0) is 18.2. The summed E-state index contributed by atoms with van der Waals surface area (Å²) in [6.45, 7) is 1.96. The number of hydrogen-bond donors (Lipinski definition) is 3. The second-order valence-electron chi connectivity index (χ2n) is 8.25. The number of carbonyl (C=O) groups excluding carboxylic acids is 1. The first-order valence-corrected chi connectivity index (χ1v) is 9.49. The number of ketones is 1. The highest BCUT2D eigenvalue weighted by Gasteiger charge is 2.56. The molecule has 0 spiro atoms. The lowest BCUT2D eigenvalue weighted by molar-refractivity contribution is -0.130. The van der Waals surface area contributed by atoms with Gasteiger partial charge in [-0.1, -0.05) is 23.8 Å². The number of aliphatic hydroxyl groups excluding tert-OH is 1. The molecule has 25 heavy (non-hydrogen) atoms. The Hall–Kier alpha value is -1.23. The molecule has 4 nitrogen and oxygen atoms in total. The van der Waals surface area contributed by atoms with Crippen molar-refractivity contribution in [2.75, 3.05) is 14.1 Å². The van der Waals surface area contributed by atoms with E-state index in [4.69, 9.17) is 0 Å². The van der Waals surface area contributed by atoms with E-state index in [2.05, 4.69) is 5.32 Å². The Morgan fingerprint density at radius 1 is 1.20 bits per heavy atom. The topological polar surface area (TPSA) is 69.6 Å². The number of allylic oxidation sites excluding steroid dienone is 3. The van der Waals surface area contributed by atoms with Crippen LogP contribution < -0.4 is 5.32 Å². The molecular weight excluding hydrogens is 314 g/mol. The highest BCUT2D eigenvalue weighted by molar-refractivity contribution is 5.99. The molecule has 0 amide bonds. The lowest BCUT2D eigenvalue weighted by Crippen LogP contribution is -2.51. The maximum Gasteiger partial charge on any atom is 0.166 e. The standard InChI is InChI=1S/C19H24O3.C2H7N/c1-18-7-2-3-16(18)19(22)8-6-12-4-5-15(20)10-13(12)9-14(19)11-17(18)21;1-3-2/h2,7,9,11-12,15-16,20,22H,3-6,8,10H2,1H3;3H,1-2H3/t12?,15?,16?,18?,19-;/m1./s1. The summed E-state index contributed by atoms with van der Waals surface area (Å²) in [6.07, 6.45) is 12.4. The molecule has 0 aromatic rings. The van der Waals surface area contributed by atoms with E-state index >= 15 is 0 Å². The van der Waals surface area contributed by atoms with Gasteiger partial charge in [0.2, 0.25) is 0 Å². The first-order chi connectivity index (χ1) is 11.8. The van der Waals surface area contributed by atoms with Gasteiger partial charge >= 0.3 is 0 Å². The van der Waals surface area contributed by atoms with E-state index in [9.17, 15) is 15.0 Å². The third kappa shape index (κ3) is 3.05. The highest BCUT2D eigenvalue weighted by Crippen LogP contribution is 2.55. The number of fused-ring (bicyclic) bond motifs is 4. The van der Waals surface area contributed by atoms with E-state index in [1.807, 2.05) is 39.2 Å². The molecule has 0 aliphatic heterocycles. The molecule has 0 radical (unpaired) electrons. The molecule has 4 unspecified atom stereocenters. The van der Waals surface area contributed by atoms with Crippen molar-refractivity contribution in [2.45, 2.75) is 57.2 Å². The Bertz CT molecular complexity index is 635. The van der Waals surface area contributed by atoms with E-state index in [-0.39, 0.29) is 17.8 Å². The number of aliphatic hydroxyl groups is 2. The molecule has 0 saturated heterocycles. The van der Waals surface area contributed by atoms with Gasteiger partial charge in [0.25, 0.3) is 0 Å². The van der Waals surface area contributed by atoms with Crippen LogP contribution in [0.25, 0.3) is 0 Å². The molecule has 4 rings (SSSR count). The van der Waals surface area contributed by atoms with Gasteiger partial charge in [-0.05, 0) is 77.1 Å². The van der Waals surface area contributed by atoms with Gasteiger partial charge in [-0.25, -0.2) is 0 Å². The summed E-state index contributed by atoms with van der Waals surface area (Å²) < 4.78 is 0. The van der Waals surface area contributed by atoms with E-state index in [0.717, 1.165) is 37.7 Å². The number of nitrogens with one attached hydrogen (secondary N) is 1. The fourth-order valence-corrected chi connectivity index (χ4v) is 5.08. The van der Waals surface area contributed by atoms with Crippen molar-refractivity contribution in [1.29, 1.82) is 0 Å². The molecule has 1 saturated carbocycles. The largest absolute Gasteiger partial charge is 0.393 e. The third-order valence-corrected chi connectivity index (χ3v) is 6.51. The van der Waals surface area contributed by atoms with E-state index < -0.39 is 11.0 Å². The van der Waals surface area contributed by atoms with Gasteiger partial charge in [0, 0.05) is 5.92 Å². The third-order valence-electron chi connectivity index (χ3n) is 6.51. The predicted octanol–water partition coefficient (Wildman–Crippen LogP) is 2.53. The molecule has 0 heterocycles. The summed E-state index contributed by atoms with van der Waals surface area (Å²) >= 11 is 0. The average molecular weight is 345 g/mol. The van der Waals surface area contributed by atoms with E-state index in [0.29, 0.717) is 12.3 Å². The maximum atomic E-state index is 12.6. The molecule has 3 N–H and O–H groups in total. The van der Waals surface area contributed by atoms with Crippen LogP contribution in [0.2, 0.25) is 0 Å². The number of carbonyl (C=O) groups is 1. The molecule has 4 heteroatoms. The summed E-state index contributed by atoms with van der Waals surface area (Å²) in [4.78, 5) is 12.6. The molecule has 5 atom stereocenters. The summed E-state index contributed by atoms with van der Waals surface area (Å²) in [5.41, 5.74) is 0.561. The minimum Gasteiger partial charge on any atom is -0.393 e. The second-order valence-corrected chi connectivity index (χ2v) is 8.25. The zero-order valence-electron chi connectivity index (χ0n) is 15.6. The summed E-state index contributed by atoms with van der Waals surface area (Å²) in [5.74, 6) is 0.515. The Balaban J connectivity index is 0.000000569. The fraction of sp³-hybridized carbons (Fsp3) is 0.667. The average Bonchev–Trinajstić information content (AvgIpc) is 2.91. The summed E-state index contributed by atoms with van der Waals surface area (Å²) in [5, 5.41) is 24.2. The number of hydrogen-bond acceptors (Lipinski definition) is 4. The molecular formula is C21H31NO3. The van der Waals surface area contributed by atoms with Gasteiger partial charge in [0.15, 0.2) is 5.78 Å². The lowest BCUT2D eigenvalue weighted by atomic mass is 9.60. The molecule has 1 fully saturated rings. The van der Waals surface area contributed by atoms with Crippen LogP contribution in [0.3, 0.4) is 0 Å². The van der Waals surface area contributed by atoms with Crippen LogP contribution in [0.4, 0.5) is 0 Å². The Labute approximate surface area is 150 Å². The number of rotatable bonds is 0. The van der Waals surface area contributed by atoms with Crippen LogP contribution in [-0.4, -0.2) is 41.8 Å². The van der Waals surface area contributed by atoms with Crippen molar-refractivity contribution < 1.29 is 15.0 Å². The van der Waals surface area contributed by atoms with Crippen molar-refractivity contribution in [3.05, 3.63) is 35.5 Å². The van der Waals surface area contributed by atoms with Crippen LogP contribution in [0, 0.1) is 17.3 Å². The monoisotopic (exact) mass is 345 g/mol. The minimum atomic E-state index is -0.901. The highest BCUT2D eigenvalue weighted by atomic mass is 16.3.